The molecular formula is C20H20O8. The summed E-state index contributed by atoms with van der Waals surface area (Å²) in [6.07, 6.45) is -1.02. The fraction of sp³-hybridized carbons (Fsp3) is 0.300. The lowest BCUT2D eigenvalue weighted by molar-refractivity contribution is 0.0971. The number of aliphatic hydroxyl groups is 2. The van der Waals surface area contributed by atoms with Crippen molar-refractivity contribution in [3.63, 3.8) is 0 Å². The molecule has 0 unspecified atom stereocenters. The lowest BCUT2D eigenvalue weighted by atomic mass is 9.81. The normalized spacial score (nSPS) is 15.1. The van der Waals surface area contributed by atoms with Crippen molar-refractivity contribution in [3.8, 4) is 23.0 Å². The van der Waals surface area contributed by atoms with Gasteiger partial charge in [0, 0.05) is 17.2 Å². The smallest absolute Gasteiger partial charge is 0.201 e. The van der Waals surface area contributed by atoms with E-state index in [1.807, 2.05) is 0 Å². The summed E-state index contributed by atoms with van der Waals surface area (Å²) in [5.41, 5.74) is -1.64. The Morgan fingerprint density at radius 1 is 0.821 bits per heavy atom. The Hall–Kier alpha value is -3.10. The summed E-state index contributed by atoms with van der Waals surface area (Å²) in [5.74, 6) is -3.97. The number of carbonyl (C=O) groups is 2. The molecule has 1 aliphatic rings. The molecular weight excluding hydrogens is 368 g/mol. The summed E-state index contributed by atoms with van der Waals surface area (Å²) in [6, 6.07) is 2.90. The lowest BCUT2D eigenvalue weighted by Crippen LogP contribution is -2.22. The largest absolute Gasteiger partial charge is 0.508 e. The van der Waals surface area contributed by atoms with Gasteiger partial charge in [0.1, 0.15) is 23.0 Å². The van der Waals surface area contributed by atoms with Gasteiger partial charge in [-0.15, -0.1) is 0 Å². The third-order valence-electron chi connectivity index (χ3n) is 4.80. The molecule has 8 nitrogen and oxygen atoms in total. The van der Waals surface area contributed by atoms with Crippen LogP contribution >= 0.6 is 0 Å². The number of hydrogen-bond acceptors (Lipinski definition) is 8. The van der Waals surface area contributed by atoms with Gasteiger partial charge in [0.25, 0.3) is 0 Å². The topological polar surface area (TPSA) is 156 Å². The van der Waals surface area contributed by atoms with Crippen LogP contribution in [0.4, 0.5) is 0 Å². The number of fused-ring (bicyclic) bond motifs is 2. The van der Waals surface area contributed by atoms with Gasteiger partial charge in [-0.25, -0.2) is 0 Å². The van der Waals surface area contributed by atoms with Crippen molar-refractivity contribution in [1.82, 2.24) is 0 Å². The van der Waals surface area contributed by atoms with Crippen LogP contribution in [0, 0.1) is 0 Å². The van der Waals surface area contributed by atoms with Gasteiger partial charge in [0.15, 0.2) is 5.78 Å². The molecule has 0 saturated carbocycles. The second-order valence-electron chi connectivity index (χ2n) is 6.92. The molecule has 3 rings (SSSR count). The molecule has 0 aromatic heterocycles. The third-order valence-corrected chi connectivity index (χ3v) is 4.80. The number of phenols is 4. The van der Waals surface area contributed by atoms with E-state index in [9.17, 15) is 40.2 Å². The van der Waals surface area contributed by atoms with Gasteiger partial charge in [-0.05, 0) is 38.3 Å². The standard InChI is InChI=1S/C20H20O8/c1-8(21)3-2-4-12(23)17-14(25)7-11-16(20(17)28)19(27)15-10(18(11)26)5-9(22)6-13(15)24/h5-8,12,21-25,28H,2-4H2,1H3/t8-,12-/m0/s1. The number of rotatable bonds is 5. The van der Waals surface area contributed by atoms with E-state index in [1.165, 1.54) is 0 Å². The van der Waals surface area contributed by atoms with Crippen molar-refractivity contribution in [3.05, 3.63) is 46.0 Å². The van der Waals surface area contributed by atoms with Crippen molar-refractivity contribution in [2.45, 2.75) is 38.4 Å². The van der Waals surface area contributed by atoms with E-state index in [2.05, 4.69) is 0 Å². The van der Waals surface area contributed by atoms with Crippen LogP contribution in [0.2, 0.25) is 0 Å². The molecule has 1 aliphatic carbocycles. The van der Waals surface area contributed by atoms with E-state index in [-0.39, 0.29) is 28.7 Å². The molecule has 0 bridgehead atoms. The van der Waals surface area contributed by atoms with Crippen LogP contribution < -0.4 is 0 Å². The molecule has 2 aromatic carbocycles. The van der Waals surface area contributed by atoms with E-state index in [4.69, 9.17) is 0 Å². The van der Waals surface area contributed by atoms with E-state index >= 15 is 0 Å². The highest BCUT2D eigenvalue weighted by molar-refractivity contribution is 6.30. The minimum atomic E-state index is -1.33. The summed E-state index contributed by atoms with van der Waals surface area (Å²) in [6.45, 7) is 1.59. The minimum Gasteiger partial charge on any atom is -0.508 e. The number of benzene rings is 2. The molecule has 28 heavy (non-hydrogen) atoms. The zero-order chi connectivity index (χ0) is 20.7. The molecule has 0 spiro atoms. The number of phenolic OH excluding ortho intramolecular Hbond substituents is 4. The predicted octanol–water partition coefficient (Wildman–Crippen LogP) is 1.87. The molecule has 6 N–H and O–H groups in total. The first-order valence-electron chi connectivity index (χ1n) is 8.73. The Labute approximate surface area is 159 Å². The molecule has 0 radical (unpaired) electrons. The zero-order valence-electron chi connectivity index (χ0n) is 15.0. The second kappa shape index (κ2) is 7.14. The summed E-state index contributed by atoms with van der Waals surface area (Å²) >= 11 is 0. The van der Waals surface area contributed by atoms with E-state index < -0.39 is 52.3 Å². The Balaban J connectivity index is 2.10. The fourth-order valence-electron chi connectivity index (χ4n) is 3.46. The fourth-order valence-corrected chi connectivity index (χ4v) is 3.46. The van der Waals surface area contributed by atoms with Gasteiger partial charge < -0.3 is 30.6 Å². The minimum absolute atomic E-state index is 0.0999. The molecule has 0 fully saturated rings. The van der Waals surface area contributed by atoms with Gasteiger partial charge in [0.05, 0.1) is 28.9 Å². The quantitative estimate of drug-likeness (QED) is 0.387. The van der Waals surface area contributed by atoms with Crippen LogP contribution in [0.3, 0.4) is 0 Å². The Kier molecular flexibility index (Phi) is 5.01. The summed E-state index contributed by atoms with van der Waals surface area (Å²) < 4.78 is 0. The van der Waals surface area contributed by atoms with Crippen molar-refractivity contribution in [1.29, 1.82) is 0 Å². The van der Waals surface area contributed by atoms with Gasteiger partial charge in [-0.2, -0.15) is 0 Å². The highest BCUT2D eigenvalue weighted by atomic mass is 16.3. The maximum Gasteiger partial charge on any atom is 0.201 e. The first-order chi connectivity index (χ1) is 13.1. The summed E-state index contributed by atoms with van der Waals surface area (Å²) in [7, 11) is 0. The predicted molar refractivity (Wildman–Crippen MR) is 96.9 cm³/mol. The van der Waals surface area contributed by atoms with Crippen LogP contribution in [-0.4, -0.2) is 48.3 Å². The number of aromatic hydroxyl groups is 4. The molecule has 0 saturated heterocycles. The third kappa shape index (κ3) is 3.17. The zero-order valence-corrected chi connectivity index (χ0v) is 15.0. The van der Waals surface area contributed by atoms with E-state index in [1.54, 1.807) is 6.92 Å². The highest BCUT2D eigenvalue weighted by Crippen LogP contribution is 2.45. The van der Waals surface area contributed by atoms with Crippen LogP contribution in [0.1, 0.15) is 69.7 Å². The van der Waals surface area contributed by atoms with Crippen LogP contribution in [-0.2, 0) is 0 Å². The maximum absolute atomic E-state index is 12.8. The van der Waals surface area contributed by atoms with E-state index in [0.717, 1.165) is 18.2 Å². The molecule has 0 heterocycles. The van der Waals surface area contributed by atoms with Crippen LogP contribution in [0.25, 0.3) is 0 Å². The van der Waals surface area contributed by atoms with Gasteiger partial charge in [-0.1, -0.05) is 0 Å². The number of ketones is 2. The molecule has 0 aliphatic heterocycles. The van der Waals surface area contributed by atoms with E-state index in [0.29, 0.717) is 12.8 Å². The summed E-state index contributed by atoms with van der Waals surface area (Å²) in [5, 5.41) is 60.1. The van der Waals surface area contributed by atoms with Crippen molar-refractivity contribution in [2.75, 3.05) is 0 Å². The highest BCUT2D eigenvalue weighted by Gasteiger charge is 2.37. The van der Waals surface area contributed by atoms with Crippen molar-refractivity contribution in [2.24, 2.45) is 0 Å². The molecule has 148 valence electrons. The molecule has 8 heteroatoms. The SMILES string of the molecule is C[C@H](O)CCC[C@H](O)c1c(O)cc2c(c1O)C(=O)c1c(O)cc(O)cc1C2=O. The Morgan fingerprint density at radius 2 is 1.46 bits per heavy atom. The number of hydrogen-bond donors (Lipinski definition) is 6. The summed E-state index contributed by atoms with van der Waals surface area (Å²) in [4.78, 5) is 25.5. The molecule has 0 amide bonds. The molecule has 2 atom stereocenters. The maximum atomic E-state index is 12.8. The monoisotopic (exact) mass is 388 g/mol. The van der Waals surface area contributed by atoms with Gasteiger partial charge in [-0.3, -0.25) is 9.59 Å². The first-order valence-corrected chi connectivity index (χ1v) is 8.73. The Bertz CT molecular complexity index is 977. The van der Waals surface area contributed by atoms with Crippen molar-refractivity contribution < 1.29 is 40.2 Å². The van der Waals surface area contributed by atoms with Crippen molar-refractivity contribution >= 4 is 11.6 Å². The Morgan fingerprint density at radius 3 is 2.11 bits per heavy atom. The number of carbonyl (C=O) groups excluding carboxylic acids is 2. The number of aliphatic hydroxyl groups excluding tert-OH is 2. The molecule has 2 aromatic rings. The van der Waals surface area contributed by atoms with Gasteiger partial charge in [0.2, 0.25) is 5.78 Å². The second-order valence-corrected chi connectivity index (χ2v) is 6.92. The average molecular weight is 388 g/mol. The van der Waals surface area contributed by atoms with Crippen LogP contribution in [0.15, 0.2) is 18.2 Å². The van der Waals surface area contributed by atoms with Gasteiger partial charge >= 0.3 is 0 Å². The lowest BCUT2D eigenvalue weighted by Gasteiger charge is -2.23. The average Bonchev–Trinajstić information content (AvgIpc) is 2.58. The van der Waals surface area contributed by atoms with Crippen LogP contribution in [0.5, 0.6) is 23.0 Å². The first kappa shape index (κ1) is 19.7.